The van der Waals surface area contributed by atoms with Gasteiger partial charge in [0, 0.05) is 25.5 Å². The van der Waals surface area contributed by atoms with Crippen molar-refractivity contribution < 1.29 is 4.79 Å². The number of hydrogen-bond acceptors (Lipinski definition) is 3. The molecule has 0 aliphatic rings. The summed E-state index contributed by atoms with van der Waals surface area (Å²) in [6.45, 7) is 4.92. The number of likely N-dealkylation sites (N-methyl/N-ethyl adjacent to an activating group) is 1. The van der Waals surface area contributed by atoms with E-state index < -0.39 is 6.04 Å². The number of nitrogens with two attached hydrogens (primary N) is 1. The summed E-state index contributed by atoms with van der Waals surface area (Å²) in [6.07, 6.45) is 3.44. The van der Waals surface area contributed by atoms with Crippen LogP contribution < -0.4 is 5.73 Å². The Labute approximate surface area is 90.1 Å². The standard InChI is InChI=1S/C11H17N3O/c1-3-14(11(15)9(2)12)8-10-4-6-13-7-5-10/h4-7,9H,3,8,12H2,1-2H3. The lowest BCUT2D eigenvalue weighted by molar-refractivity contribution is -0.132. The zero-order valence-corrected chi connectivity index (χ0v) is 9.18. The molecular weight excluding hydrogens is 190 g/mol. The number of aromatic nitrogens is 1. The van der Waals surface area contributed by atoms with E-state index in [0.717, 1.165) is 5.56 Å². The summed E-state index contributed by atoms with van der Waals surface area (Å²) >= 11 is 0. The highest BCUT2D eigenvalue weighted by atomic mass is 16.2. The van der Waals surface area contributed by atoms with E-state index in [2.05, 4.69) is 4.98 Å². The first kappa shape index (κ1) is 11.7. The third kappa shape index (κ3) is 3.32. The maximum Gasteiger partial charge on any atom is 0.239 e. The molecule has 1 heterocycles. The molecule has 1 aromatic heterocycles. The van der Waals surface area contributed by atoms with Crippen molar-refractivity contribution in [3.8, 4) is 0 Å². The fourth-order valence-corrected chi connectivity index (χ4v) is 1.34. The van der Waals surface area contributed by atoms with Gasteiger partial charge in [-0.15, -0.1) is 0 Å². The van der Waals surface area contributed by atoms with Crippen LogP contribution in [0.1, 0.15) is 19.4 Å². The molecular formula is C11H17N3O. The maximum absolute atomic E-state index is 11.7. The molecule has 1 atom stereocenters. The Morgan fingerprint density at radius 1 is 1.53 bits per heavy atom. The van der Waals surface area contributed by atoms with Crippen molar-refractivity contribution in [2.75, 3.05) is 6.54 Å². The van der Waals surface area contributed by atoms with Crippen LogP contribution in [0.4, 0.5) is 0 Å². The van der Waals surface area contributed by atoms with Gasteiger partial charge in [0.1, 0.15) is 0 Å². The first-order valence-corrected chi connectivity index (χ1v) is 5.08. The molecule has 4 heteroatoms. The van der Waals surface area contributed by atoms with Crippen molar-refractivity contribution >= 4 is 5.91 Å². The average molecular weight is 207 g/mol. The lowest BCUT2D eigenvalue weighted by Crippen LogP contribution is -2.41. The lowest BCUT2D eigenvalue weighted by atomic mass is 10.2. The van der Waals surface area contributed by atoms with E-state index in [1.54, 1.807) is 24.2 Å². The van der Waals surface area contributed by atoms with Gasteiger partial charge in [-0.3, -0.25) is 9.78 Å². The summed E-state index contributed by atoms with van der Waals surface area (Å²) in [5.41, 5.74) is 6.63. The van der Waals surface area contributed by atoms with E-state index in [1.807, 2.05) is 19.1 Å². The van der Waals surface area contributed by atoms with Crippen LogP contribution in [0.3, 0.4) is 0 Å². The molecule has 0 saturated heterocycles. The highest BCUT2D eigenvalue weighted by Crippen LogP contribution is 2.04. The number of hydrogen-bond donors (Lipinski definition) is 1. The van der Waals surface area contributed by atoms with E-state index >= 15 is 0 Å². The smallest absolute Gasteiger partial charge is 0.239 e. The number of carbonyl (C=O) groups is 1. The van der Waals surface area contributed by atoms with Crippen LogP contribution in [0, 0.1) is 0 Å². The van der Waals surface area contributed by atoms with E-state index in [4.69, 9.17) is 5.73 Å². The van der Waals surface area contributed by atoms with Crippen LogP contribution >= 0.6 is 0 Å². The van der Waals surface area contributed by atoms with Gasteiger partial charge in [0.2, 0.25) is 5.91 Å². The SMILES string of the molecule is CCN(Cc1ccncc1)C(=O)C(C)N. The molecule has 1 aromatic rings. The Kier molecular flexibility index (Phi) is 4.24. The predicted octanol–water partition coefficient (Wildman–Crippen LogP) is 0.777. The molecule has 15 heavy (non-hydrogen) atoms. The molecule has 4 nitrogen and oxygen atoms in total. The van der Waals surface area contributed by atoms with Gasteiger partial charge in [-0.05, 0) is 31.5 Å². The first-order valence-electron chi connectivity index (χ1n) is 5.08. The van der Waals surface area contributed by atoms with Crippen molar-refractivity contribution in [2.24, 2.45) is 5.73 Å². The monoisotopic (exact) mass is 207 g/mol. The number of amides is 1. The first-order chi connectivity index (χ1) is 7.15. The molecule has 82 valence electrons. The van der Waals surface area contributed by atoms with Crippen molar-refractivity contribution in [1.29, 1.82) is 0 Å². The molecule has 0 aliphatic heterocycles. The van der Waals surface area contributed by atoms with Crippen LogP contribution in [-0.2, 0) is 11.3 Å². The largest absolute Gasteiger partial charge is 0.337 e. The molecule has 1 amide bonds. The molecule has 0 saturated carbocycles. The quantitative estimate of drug-likeness (QED) is 0.793. The zero-order valence-electron chi connectivity index (χ0n) is 9.18. The van der Waals surface area contributed by atoms with Gasteiger partial charge in [0.25, 0.3) is 0 Å². The van der Waals surface area contributed by atoms with Gasteiger partial charge in [0.05, 0.1) is 6.04 Å². The van der Waals surface area contributed by atoms with Crippen molar-refractivity contribution in [1.82, 2.24) is 9.88 Å². The normalized spacial score (nSPS) is 12.2. The Morgan fingerprint density at radius 2 is 2.13 bits per heavy atom. The number of carbonyl (C=O) groups excluding carboxylic acids is 1. The van der Waals surface area contributed by atoms with E-state index in [-0.39, 0.29) is 5.91 Å². The van der Waals surface area contributed by atoms with Gasteiger partial charge in [-0.25, -0.2) is 0 Å². The Morgan fingerprint density at radius 3 is 2.60 bits per heavy atom. The minimum absolute atomic E-state index is 0.0192. The van der Waals surface area contributed by atoms with Gasteiger partial charge in [0.15, 0.2) is 0 Å². The van der Waals surface area contributed by atoms with Gasteiger partial charge < -0.3 is 10.6 Å². The van der Waals surface area contributed by atoms with Gasteiger partial charge >= 0.3 is 0 Å². The lowest BCUT2D eigenvalue weighted by Gasteiger charge is -2.22. The van der Waals surface area contributed by atoms with Gasteiger partial charge in [-0.1, -0.05) is 0 Å². The van der Waals surface area contributed by atoms with E-state index in [9.17, 15) is 4.79 Å². The van der Waals surface area contributed by atoms with Gasteiger partial charge in [-0.2, -0.15) is 0 Å². The molecule has 1 unspecified atom stereocenters. The second-order valence-corrected chi connectivity index (χ2v) is 3.50. The zero-order chi connectivity index (χ0) is 11.3. The minimum atomic E-state index is -0.438. The highest BCUT2D eigenvalue weighted by Gasteiger charge is 2.15. The van der Waals surface area contributed by atoms with Crippen LogP contribution in [-0.4, -0.2) is 28.4 Å². The topological polar surface area (TPSA) is 59.2 Å². The summed E-state index contributed by atoms with van der Waals surface area (Å²) in [7, 11) is 0. The van der Waals surface area contributed by atoms with Crippen LogP contribution in [0.15, 0.2) is 24.5 Å². The third-order valence-electron chi connectivity index (χ3n) is 2.21. The summed E-state index contributed by atoms with van der Waals surface area (Å²) in [5, 5.41) is 0. The molecule has 0 aromatic carbocycles. The molecule has 0 spiro atoms. The van der Waals surface area contributed by atoms with E-state index in [1.165, 1.54) is 0 Å². The number of pyridine rings is 1. The van der Waals surface area contributed by atoms with Crippen LogP contribution in [0.2, 0.25) is 0 Å². The Hall–Kier alpha value is -1.42. The van der Waals surface area contributed by atoms with Crippen molar-refractivity contribution in [2.45, 2.75) is 26.4 Å². The molecule has 2 N–H and O–H groups in total. The number of rotatable bonds is 4. The molecule has 0 bridgehead atoms. The predicted molar refractivity (Wildman–Crippen MR) is 59.0 cm³/mol. The minimum Gasteiger partial charge on any atom is -0.337 e. The Bertz CT molecular complexity index is 311. The summed E-state index contributed by atoms with van der Waals surface area (Å²) in [5.74, 6) is -0.0192. The summed E-state index contributed by atoms with van der Waals surface area (Å²) < 4.78 is 0. The second-order valence-electron chi connectivity index (χ2n) is 3.50. The van der Waals surface area contributed by atoms with Crippen LogP contribution in [0.5, 0.6) is 0 Å². The Balaban J connectivity index is 2.66. The fourth-order valence-electron chi connectivity index (χ4n) is 1.34. The second kappa shape index (κ2) is 5.46. The third-order valence-corrected chi connectivity index (χ3v) is 2.21. The van der Waals surface area contributed by atoms with Crippen molar-refractivity contribution in [3.05, 3.63) is 30.1 Å². The van der Waals surface area contributed by atoms with E-state index in [0.29, 0.717) is 13.1 Å². The molecule has 0 fully saturated rings. The summed E-state index contributed by atoms with van der Waals surface area (Å²) in [4.78, 5) is 17.3. The van der Waals surface area contributed by atoms with Crippen LogP contribution in [0.25, 0.3) is 0 Å². The molecule has 1 rings (SSSR count). The maximum atomic E-state index is 11.7. The van der Waals surface area contributed by atoms with Crippen molar-refractivity contribution in [3.63, 3.8) is 0 Å². The number of nitrogens with zero attached hydrogens (tertiary/aromatic N) is 2. The summed E-state index contributed by atoms with van der Waals surface area (Å²) in [6, 6.07) is 3.36. The average Bonchev–Trinajstić information content (AvgIpc) is 2.26. The molecule has 0 radical (unpaired) electrons. The highest BCUT2D eigenvalue weighted by molar-refractivity contribution is 5.81. The molecule has 0 aliphatic carbocycles. The fraction of sp³-hybridized carbons (Fsp3) is 0.455.